The Labute approximate surface area is 204 Å². The van der Waals surface area contributed by atoms with E-state index in [2.05, 4.69) is 17.4 Å². The second-order valence-corrected chi connectivity index (χ2v) is 9.78. The van der Waals surface area contributed by atoms with Crippen molar-refractivity contribution in [3.05, 3.63) is 59.7 Å². The van der Waals surface area contributed by atoms with Crippen molar-refractivity contribution in [2.24, 2.45) is 0 Å². The van der Waals surface area contributed by atoms with Gasteiger partial charge < -0.3 is 24.8 Å². The molecule has 1 aliphatic carbocycles. The van der Waals surface area contributed by atoms with Gasteiger partial charge in [-0.1, -0.05) is 48.5 Å². The zero-order chi connectivity index (χ0) is 24.6. The molecule has 184 valence electrons. The summed E-state index contributed by atoms with van der Waals surface area (Å²) in [4.78, 5) is 40.1. The number of carboxylic acid groups (broad SMARTS) is 1. The molecule has 1 atom stereocenters. The Bertz CT molecular complexity index is 1110. The van der Waals surface area contributed by atoms with Crippen LogP contribution in [0.5, 0.6) is 0 Å². The fourth-order valence-electron chi connectivity index (χ4n) is 5.71. The summed E-state index contributed by atoms with van der Waals surface area (Å²) >= 11 is 0. The molecular weight excluding hydrogens is 448 g/mol. The van der Waals surface area contributed by atoms with Gasteiger partial charge in [-0.25, -0.2) is 9.59 Å². The summed E-state index contributed by atoms with van der Waals surface area (Å²) < 4.78 is 11.2. The van der Waals surface area contributed by atoms with Gasteiger partial charge in [0.15, 0.2) is 0 Å². The van der Waals surface area contributed by atoms with E-state index in [1.54, 1.807) is 6.92 Å². The van der Waals surface area contributed by atoms with Crippen LogP contribution in [0.15, 0.2) is 48.5 Å². The number of alkyl carbamates (subject to hydrolysis) is 1. The lowest BCUT2D eigenvalue weighted by molar-refractivity contribution is -0.159. The first-order chi connectivity index (χ1) is 16.9. The lowest BCUT2D eigenvalue weighted by atomic mass is 9.86. The highest BCUT2D eigenvalue weighted by Gasteiger charge is 2.53. The molecule has 0 spiro atoms. The van der Waals surface area contributed by atoms with Gasteiger partial charge in [0, 0.05) is 38.5 Å². The van der Waals surface area contributed by atoms with Gasteiger partial charge in [-0.3, -0.25) is 4.79 Å². The topological polar surface area (TPSA) is 105 Å². The summed E-state index contributed by atoms with van der Waals surface area (Å²) in [5, 5.41) is 12.6. The second-order valence-electron chi connectivity index (χ2n) is 9.78. The van der Waals surface area contributed by atoms with Crippen LogP contribution in [0.4, 0.5) is 4.79 Å². The monoisotopic (exact) mass is 478 g/mol. The minimum atomic E-state index is -1.29. The van der Waals surface area contributed by atoms with Crippen LogP contribution in [0.1, 0.15) is 49.7 Å². The van der Waals surface area contributed by atoms with E-state index in [0.717, 1.165) is 22.3 Å². The van der Waals surface area contributed by atoms with Crippen LogP contribution >= 0.6 is 0 Å². The molecule has 5 rings (SSSR count). The summed E-state index contributed by atoms with van der Waals surface area (Å²) in [5.74, 6) is -1.51. The van der Waals surface area contributed by atoms with E-state index < -0.39 is 23.1 Å². The summed E-state index contributed by atoms with van der Waals surface area (Å²) in [6.07, 6.45) is 0.834. The van der Waals surface area contributed by atoms with E-state index in [-0.39, 0.29) is 31.3 Å². The average Bonchev–Trinajstić information content (AvgIpc) is 3.42. The van der Waals surface area contributed by atoms with E-state index in [0.29, 0.717) is 32.6 Å². The average molecular weight is 479 g/mol. The van der Waals surface area contributed by atoms with Crippen molar-refractivity contribution in [2.45, 2.75) is 49.6 Å². The van der Waals surface area contributed by atoms with Crippen LogP contribution in [-0.4, -0.2) is 65.4 Å². The molecule has 2 fully saturated rings. The van der Waals surface area contributed by atoms with E-state index in [4.69, 9.17) is 9.47 Å². The Morgan fingerprint density at radius 2 is 1.63 bits per heavy atom. The Balaban J connectivity index is 1.33. The highest BCUT2D eigenvalue weighted by Crippen LogP contribution is 2.44. The number of aliphatic carboxylic acids is 1. The lowest BCUT2D eigenvalue weighted by Crippen LogP contribution is -2.65. The quantitative estimate of drug-likeness (QED) is 0.681. The Morgan fingerprint density at radius 3 is 2.23 bits per heavy atom. The van der Waals surface area contributed by atoms with Crippen molar-refractivity contribution in [3.63, 3.8) is 0 Å². The van der Waals surface area contributed by atoms with Gasteiger partial charge in [0.1, 0.15) is 17.7 Å². The van der Waals surface area contributed by atoms with E-state index in [1.807, 2.05) is 36.4 Å². The SMILES string of the molecule is C[C@@]1(C(=O)O)CCCN1C(=O)C1(NC(=O)OCC2c3ccccc3-c3ccccc32)CCOCC1. The number of carbonyl (C=O) groups excluding carboxylic acids is 2. The van der Waals surface area contributed by atoms with Crippen LogP contribution in [0.2, 0.25) is 0 Å². The number of hydrogen-bond acceptors (Lipinski definition) is 5. The molecule has 8 heteroatoms. The number of nitrogens with one attached hydrogen (secondary N) is 1. The molecular formula is C27H30N2O6. The molecule has 35 heavy (non-hydrogen) atoms. The van der Waals surface area contributed by atoms with Crippen LogP contribution in [0, 0.1) is 0 Å². The number of amides is 2. The number of ether oxygens (including phenoxy) is 2. The number of nitrogens with zero attached hydrogens (tertiary/aromatic N) is 1. The number of fused-ring (bicyclic) bond motifs is 3. The Hall–Kier alpha value is -3.39. The molecule has 2 N–H and O–H groups in total. The molecule has 3 aliphatic rings. The maximum absolute atomic E-state index is 13.7. The third-order valence-electron chi connectivity index (χ3n) is 7.79. The lowest BCUT2D eigenvalue weighted by Gasteiger charge is -2.42. The molecule has 2 aliphatic heterocycles. The minimum absolute atomic E-state index is 0.0941. The second kappa shape index (κ2) is 9.00. The maximum Gasteiger partial charge on any atom is 0.408 e. The van der Waals surface area contributed by atoms with Gasteiger partial charge in [0.25, 0.3) is 0 Å². The number of likely N-dealkylation sites (tertiary alicyclic amines) is 1. The number of carboxylic acids is 1. The summed E-state index contributed by atoms with van der Waals surface area (Å²) in [6, 6.07) is 16.2. The number of hydrogen-bond donors (Lipinski definition) is 2. The molecule has 2 saturated heterocycles. The van der Waals surface area contributed by atoms with Gasteiger partial charge >= 0.3 is 12.1 Å². The smallest absolute Gasteiger partial charge is 0.408 e. The molecule has 2 heterocycles. The minimum Gasteiger partial charge on any atom is -0.480 e. The predicted molar refractivity (Wildman–Crippen MR) is 128 cm³/mol. The first-order valence-corrected chi connectivity index (χ1v) is 12.1. The van der Waals surface area contributed by atoms with Crippen LogP contribution in [0.3, 0.4) is 0 Å². The normalized spacial score (nSPS) is 22.8. The first kappa shape index (κ1) is 23.4. The van der Waals surface area contributed by atoms with Gasteiger partial charge in [-0.2, -0.15) is 0 Å². The van der Waals surface area contributed by atoms with Crippen LogP contribution in [-0.2, 0) is 19.1 Å². The fourth-order valence-corrected chi connectivity index (χ4v) is 5.71. The summed E-state index contributed by atoms with van der Waals surface area (Å²) in [7, 11) is 0. The summed E-state index contributed by atoms with van der Waals surface area (Å²) in [6.45, 7) is 2.65. The van der Waals surface area contributed by atoms with E-state index in [1.165, 1.54) is 4.90 Å². The number of benzene rings is 2. The Kier molecular flexibility index (Phi) is 6.01. The fraction of sp³-hybridized carbons (Fsp3) is 0.444. The molecule has 2 aromatic rings. The van der Waals surface area contributed by atoms with Gasteiger partial charge in [-0.15, -0.1) is 0 Å². The molecule has 8 nitrogen and oxygen atoms in total. The van der Waals surface area contributed by atoms with Crippen molar-refractivity contribution in [1.82, 2.24) is 10.2 Å². The standard InChI is InChI=1S/C27H30N2O6/c1-26(24(31)32)11-6-14-29(26)23(30)27(12-15-34-16-13-27)28-25(33)35-17-22-20-9-4-2-7-18(20)19-8-3-5-10-21(19)22/h2-5,7-10,22H,6,11-17H2,1H3,(H,28,33)(H,31,32)/t26-/m0/s1. The third kappa shape index (κ3) is 3.95. The van der Waals surface area contributed by atoms with E-state index in [9.17, 15) is 19.5 Å². The van der Waals surface area contributed by atoms with Gasteiger partial charge in [-0.05, 0) is 42.0 Å². The third-order valence-corrected chi connectivity index (χ3v) is 7.79. The van der Waals surface area contributed by atoms with Crippen molar-refractivity contribution in [1.29, 1.82) is 0 Å². The first-order valence-electron chi connectivity index (χ1n) is 12.1. The van der Waals surface area contributed by atoms with E-state index >= 15 is 0 Å². The van der Waals surface area contributed by atoms with Crippen LogP contribution in [0.25, 0.3) is 11.1 Å². The molecule has 0 bridgehead atoms. The zero-order valence-corrected chi connectivity index (χ0v) is 19.8. The van der Waals surface area contributed by atoms with Crippen molar-refractivity contribution >= 4 is 18.0 Å². The Morgan fingerprint density at radius 1 is 1.03 bits per heavy atom. The molecule has 0 saturated carbocycles. The number of rotatable bonds is 5. The molecule has 2 amide bonds. The maximum atomic E-state index is 13.7. The zero-order valence-electron chi connectivity index (χ0n) is 19.8. The molecule has 2 aromatic carbocycles. The van der Waals surface area contributed by atoms with Gasteiger partial charge in [0.2, 0.25) is 5.91 Å². The van der Waals surface area contributed by atoms with Crippen LogP contribution < -0.4 is 5.32 Å². The molecule has 0 aromatic heterocycles. The van der Waals surface area contributed by atoms with Crippen molar-refractivity contribution < 1.29 is 29.0 Å². The van der Waals surface area contributed by atoms with Gasteiger partial charge in [0.05, 0.1) is 0 Å². The summed E-state index contributed by atoms with van der Waals surface area (Å²) in [5.41, 5.74) is 1.94. The molecule has 0 radical (unpaired) electrons. The van der Waals surface area contributed by atoms with Crippen molar-refractivity contribution in [3.8, 4) is 11.1 Å². The largest absolute Gasteiger partial charge is 0.480 e. The predicted octanol–water partition coefficient (Wildman–Crippen LogP) is 3.54. The molecule has 0 unspecified atom stereocenters. The highest BCUT2D eigenvalue weighted by molar-refractivity contribution is 5.94. The highest BCUT2D eigenvalue weighted by atomic mass is 16.5. The van der Waals surface area contributed by atoms with Crippen molar-refractivity contribution in [2.75, 3.05) is 26.4 Å². The number of carbonyl (C=O) groups is 3.